The van der Waals surface area contributed by atoms with Gasteiger partial charge in [-0.2, -0.15) is 0 Å². The summed E-state index contributed by atoms with van der Waals surface area (Å²) in [5, 5.41) is 53.1. The molecule has 2 heterocycles. The molecule has 1 aliphatic heterocycles. The lowest BCUT2D eigenvalue weighted by molar-refractivity contribution is 0.246. The van der Waals surface area contributed by atoms with E-state index in [1.807, 2.05) is 73.7 Å². The van der Waals surface area contributed by atoms with Crippen LogP contribution < -0.4 is 15.5 Å². The van der Waals surface area contributed by atoms with Crippen LogP contribution in [0, 0.1) is 0 Å². The van der Waals surface area contributed by atoms with Crippen molar-refractivity contribution in [3.05, 3.63) is 289 Å². The van der Waals surface area contributed by atoms with Crippen molar-refractivity contribution >= 4 is 55.7 Å². The fraction of sp³-hybridized carbons (Fsp3) is 0.0645. The molecule has 0 unspecified atom stereocenters. The largest absolute Gasteiger partial charge is 0.509 e. The van der Waals surface area contributed by atoms with Crippen LogP contribution in [-0.4, -0.2) is 30.5 Å². The Morgan fingerprint density at radius 3 is 2.00 bits per heavy atom. The second kappa shape index (κ2) is 23.6. The number of para-hydroxylation sites is 3. The third kappa shape index (κ3) is 12.4. The molecule has 0 bridgehead atoms. The van der Waals surface area contributed by atoms with E-state index in [0.717, 1.165) is 81.5 Å². The third-order valence-corrected chi connectivity index (χ3v) is 11.6. The molecule has 8 N–H and O–H groups in total. The van der Waals surface area contributed by atoms with Crippen LogP contribution in [0.4, 0.5) is 22.7 Å². The predicted octanol–water partition coefficient (Wildman–Crippen LogP) is 16.6. The molecule has 6 aromatic carbocycles. The van der Waals surface area contributed by atoms with Gasteiger partial charge in [0.25, 0.3) is 0 Å². The van der Waals surface area contributed by atoms with E-state index in [1.54, 1.807) is 0 Å². The zero-order valence-corrected chi connectivity index (χ0v) is 39.8. The van der Waals surface area contributed by atoms with E-state index in [-0.39, 0.29) is 0 Å². The molecule has 9 heteroatoms. The molecule has 0 spiro atoms. The van der Waals surface area contributed by atoms with Gasteiger partial charge in [0.15, 0.2) is 11.5 Å². The van der Waals surface area contributed by atoms with E-state index in [4.69, 9.17) is 25.5 Å². The second-order valence-electron chi connectivity index (χ2n) is 16.6. The number of hydrogen-bond donors (Lipinski definition) is 8. The summed E-state index contributed by atoms with van der Waals surface area (Å²) < 4.78 is 0. The maximum absolute atomic E-state index is 8.87. The molecule has 9 nitrogen and oxygen atoms in total. The number of nitrogens with zero attached hydrogens (tertiary/aromatic N) is 1. The smallest absolute Gasteiger partial charge is 0.207 e. The van der Waals surface area contributed by atoms with Crippen LogP contribution in [0.15, 0.2) is 278 Å². The van der Waals surface area contributed by atoms with Crippen LogP contribution in [0.2, 0.25) is 0 Å². The van der Waals surface area contributed by atoms with Crippen molar-refractivity contribution < 1.29 is 25.5 Å². The Morgan fingerprint density at radius 2 is 1.32 bits per heavy atom. The molecular formula is C62H58N4O5. The Hall–Kier alpha value is -9.34. The van der Waals surface area contributed by atoms with Gasteiger partial charge < -0.3 is 46.1 Å². The summed E-state index contributed by atoms with van der Waals surface area (Å²) in [6.45, 7) is 14.5. The molecule has 0 radical (unpaired) electrons. The van der Waals surface area contributed by atoms with E-state index >= 15 is 0 Å². The van der Waals surface area contributed by atoms with Gasteiger partial charge in [0, 0.05) is 73.3 Å². The molecule has 9 rings (SSSR count). The zero-order valence-electron chi connectivity index (χ0n) is 39.8. The molecule has 0 fully saturated rings. The average Bonchev–Trinajstić information content (AvgIpc) is 3.77. The number of hydrogen-bond acceptors (Lipinski definition) is 8. The maximum atomic E-state index is 8.87. The van der Waals surface area contributed by atoms with Gasteiger partial charge in [-0.3, -0.25) is 0 Å². The predicted molar refractivity (Wildman–Crippen MR) is 297 cm³/mol. The number of aromatic nitrogens is 1. The number of aliphatic hydroxyl groups excluding tert-OH is 5. The number of benzene rings is 6. The number of H-pyrrole nitrogens is 1. The van der Waals surface area contributed by atoms with Crippen LogP contribution >= 0.6 is 0 Å². The zero-order chi connectivity index (χ0) is 50.3. The van der Waals surface area contributed by atoms with Gasteiger partial charge in [-0.1, -0.05) is 141 Å². The van der Waals surface area contributed by atoms with E-state index in [1.165, 1.54) is 27.6 Å². The molecule has 0 saturated carbocycles. The highest BCUT2D eigenvalue weighted by molar-refractivity contribution is 6.08. The molecule has 1 aliphatic carbocycles. The highest BCUT2D eigenvalue weighted by Gasteiger charge is 2.20. The highest BCUT2D eigenvalue weighted by atomic mass is 16.4. The first-order valence-electron chi connectivity index (χ1n) is 23.1. The minimum absolute atomic E-state index is 0.583. The number of fused-ring (bicyclic) bond motifs is 3. The Bertz CT molecular complexity index is 3310. The molecule has 2 aliphatic rings. The van der Waals surface area contributed by atoms with E-state index in [9.17, 15) is 0 Å². The third-order valence-electron chi connectivity index (χ3n) is 11.6. The van der Waals surface area contributed by atoms with E-state index < -0.39 is 28.8 Å². The van der Waals surface area contributed by atoms with Crippen molar-refractivity contribution in [2.75, 3.05) is 15.5 Å². The minimum atomic E-state index is -1.03. The topological polar surface area (TPSA) is 144 Å². The molecule has 0 saturated heterocycles. The van der Waals surface area contributed by atoms with Gasteiger partial charge in [-0.25, -0.2) is 0 Å². The Labute approximate surface area is 415 Å². The number of allylic oxidation sites excluding steroid dienone is 13. The van der Waals surface area contributed by atoms with Crippen LogP contribution in [0.3, 0.4) is 0 Å². The van der Waals surface area contributed by atoms with Crippen LogP contribution in [0.25, 0.3) is 33.0 Å². The van der Waals surface area contributed by atoms with Crippen molar-refractivity contribution in [1.82, 2.24) is 4.98 Å². The van der Waals surface area contributed by atoms with Crippen molar-refractivity contribution in [3.8, 4) is 0 Å². The maximum Gasteiger partial charge on any atom is 0.207 e. The first-order chi connectivity index (χ1) is 34.4. The van der Waals surface area contributed by atoms with Crippen molar-refractivity contribution in [2.45, 2.75) is 26.7 Å². The van der Waals surface area contributed by atoms with Crippen LogP contribution in [-0.2, 0) is 0 Å². The SMILES string of the molecule is C=C(O)/C(O)=C(O)\C(O)=C(/C)O.C=C/C(=C(\C=C/C)Nc1ccccc1)c1ccccc1.C=C1/C=C(c2ccc3[nH]c4ccccc4c3c2)\C=C/N(c2cccc(Nc3ccccc3)c2)C2=C1C=CCC2. The summed E-state index contributed by atoms with van der Waals surface area (Å²) in [7, 11) is 0. The Morgan fingerprint density at radius 1 is 0.676 bits per heavy atom. The summed E-state index contributed by atoms with van der Waals surface area (Å²) >= 11 is 0. The summed E-state index contributed by atoms with van der Waals surface area (Å²) in [5.74, 6) is -4.31. The number of rotatable bonds is 11. The van der Waals surface area contributed by atoms with Crippen LogP contribution in [0.5, 0.6) is 0 Å². The molecule has 71 heavy (non-hydrogen) atoms. The van der Waals surface area contributed by atoms with Crippen LogP contribution in [0.1, 0.15) is 37.8 Å². The van der Waals surface area contributed by atoms with Crippen molar-refractivity contribution in [1.29, 1.82) is 0 Å². The Balaban J connectivity index is 0.000000193. The molecule has 0 amide bonds. The normalized spacial score (nSPS) is 15.5. The fourth-order valence-corrected chi connectivity index (χ4v) is 8.09. The minimum Gasteiger partial charge on any atom is -0.509 e. The lowest BCUT2D eigenvalue weighted by Crippen LogP contribution is -2.20. The van der Waals surface area contributed by atoms with Gasteiger partial charge in [-0.05, 0) is 128 Å². The molecule has 356 valence electrons. The quantitative estimate of drug-likeness (QED) is 0.0473. The second-order valence-corrected chi connectivity index (χ2v) is 16.6. The molecule has 1 aromatic heterocycles. The highest BCUT2D eigenvalue weighted by Crippen LogP contribution is 2.37. The summed E-state index contributed by atoms with van der Waals surface area (Å²) in [4.78, 5) is 5.87. The number of anilines is 4. The van der Waals surface area contributed by atoms with Crippen molar-refractivity contribution in [2.24, 2.45) is 0 Å². The van der Waals surface area contributed by atoms with E-state index in [2.05, 4.69) is 180 Å². The van der Waals surface area contributed by atoms with Gasteiger partial charge in [-0.15, -0.1) is 0 Å². The number of nitrogens with one attached hydrogen (secondary N) is 3. The number of aliphatic hydroxyl groups is 5. The number of aromatic amines is 1. The first kappa shape index (κ1) is 49.6. The lowest BCUT2D eigenvalue weighted by atomic mass is 9.91. The molecule has 7 aromatic rings. The van der Waals surface area contributed by atoms with E-state index in [0.29, 0.717) is 0 Å². The first-order valence-corrected chi connectivity index (χ1v) is 23.1. The Kier molecular flexibility index (Phi) is 16.5. The van der Waals surface area contributed by atoms with Gasteiger partial charge in [0.05, 0.1) is 0 Å². The van der Waals surface area contributed by atoms with Gasteiger partial charge in [0.2, 0.25) is 11.5 Å². The van der Waals surface area contributed by atoms with Gasteiger partial charge >= 0.3 is 0 Å². The average molecular weight is 939 g/mol. The summed E-state index contributed by atoms with van der Waals surface area (Å²) in [6, 6.07) is 54.5. The lowest BCUT2D eigenvalue weighted by Gasteiger charge is -2.30. The van der Waals surface area contributed by atoms with Crippen molar-refractivity contribution in [3.63, 3.8) is 0 Å². The van der Waals surface area contributed by atoms with Gasteiger partial charge in [0.1, 0.15) is 5.76 Å². The standard InChI is InChI=1S/C36H29N3.C19H19N.C7H10O5/c1-25-22-27(26-18-19-35-33(23-26)32-15-5-7-16-34(32)38-35)20-21-39(36-17-8-6-14-31(25)36)30-13-9-12-29(24-30)37-28-10-3-2-4-11-28;1-3-11-19(20-17-14-9-6-10-15-17)18(4-2)16-12-7-5-8-13-16;1-3(8)5(10)7(12)6(11)4(2)9/h2-7,9-16,18-24,37-38H,1,8,17H2;3-15,20H,2H2,1H3;8-12H,1H2,2H3/b21-20-,27-22+;11-3-,19-18-;6-4-,7-5-. The monoisotopic (exact) mass is 938 g/mol. The fourth-order valence-electron chi connectivity index (χ4n) is 8.09. The summed E-state index contributed by atoms with van der Waals surface area (Å²) in [6.07, 6.45) is 19.1. The molecule has 0 atom stereocenters. The molecular weight excluding hydrogens is 881 g/mol. The summed E-state index contributed by atoms with van der Waals surface area (Å²) in [5.41, 5.74) is 15.7.